The van der Waals surface area contributed by atoms with E-state index >= 15 is 0 Å². The molecule has 9 nitrogen and oxygen atoms in total. The number of hydrogen-bond donors (Lipinski definition) is 2. The monoisotopic (exact) mass is 723 g/mol. The van der Waals surface area contributed by atoms with Crippen molar-refractivity contribution in [2.75, 3.05) is 19.8 Å². The fraction of sp³-hybridized carbons (Fsp3) is 0.455. The minimum absolute atomic E-state index is 0.00198. The number of aromatic hydroxyl groups is 2. The van der Waals surface area contributed by atoms with E-state index in [-0.39, 0.29) is 17.5 Å². The summed E-state index contributed by atoms with van der Waals surface area (Å²) in [6, 6.07) is 14.6. The first kappa shape index (κ1) is 40.8. The van der Waals surface area contributed by atoms with Crippen LogP contribution in [0.4, 0.5) is 0 Å². The minimum Gasteiger partial charge on any atom is -0.507 e. The molecule has 4 aromatic rings. The lowest BCUT2D eigenvalue weighted by Crippen LogP contribution is -2.03. The average molecular weight is 724 g/mol. The number of carbonyl (C=O) groups excluding carboxylic acids is 1. The van der Waals surface area contributed by atoms with Gasteiger partial charge in [0.2, 0.25) is 0 Å². The zero-order valence-corrected chi connectivity index (χ0v) is 32.1. The summed E-state index contributed by atoms with van der Waals surface area (Å²) in [4.78, 5) is 25.5. The molecule has 1 aromatic heterocycles. The average Bonchev–Trinajstić information content (AvgIpc) is 3.13. The van der Waals surface area contributed by atoms with Crippen LogP contribution in [-0.4, -0.2) is 51.0 Å². The normalized spacial score (nSPS) is 11.0. The summed E-state index contributed by atoms with van der Waals surface area (Å²) in [5, 5.41) is 22.3. The Morgan fingerprint density at radius 1 is 0.623 bits per heavy atom. The van der Waals surface area contributed by atoms with Crippen LogP contribution in [-0.2, 0) is 9.53 Å². The lowest BCUT2D eigenvalue weighted by Gasteiger charge is -2.14. The maximum atomic E-state index is 11.2. The molecule has 9 heteroatoms. The quantitative estimate of drug-likeness (QED) is 0.0437. The molecule has 0 saturated carbocycles. The van der Waals surface area contributed by atoms with Gasteiger partial charge in [0.25, 0.3) is 0 Å². The van der Waals surface area contributed by atoms with Crippen molar-refractivity contribution < 1.29 is 29.2 Å². The van der Waals surface area contributed by atoms with Crippen LogP contribution in [0.2, 0.25) is 0 Å². The molecule has 2 N–H and O–H groups in total. The van der Waals surface area contributed by atoms with Crippen molar-refractivity contribution in [3.8, 4) is 57.2 Å². The third-order valence-corrected chi connectivity index (χ3v) is 9.19. The van der Waals surface area contributed by atoms with E-state index in [1.54, 1.807) is 24.3 Å². The predicted octanol–water partition coefficient (Wildman–Crippen LogP) is 10.8. The van der Waals surface area contributed by atoms with Crippen LogP contribution < -0.4 is 9.47 Å². The first-order valence-corrected chi connectivity index (χ1v) is 19.3. The molecule has 0 aliphatic heterocycles. The van der Waals surface area contributed by atoms with E-state index in [0.717, 1.165) is 80.0 Å². The standard InChI is InChI=1S/C44H57N3O6/c1-6-8-9-17-24-51-34-20-22-36(38(48)29-34)42-45-43(47-44(46-42)41-32(4)27-31(3)28-33(41)5)37-23-21-35(30-39(37)49)52-25-18-15-13-11-10-12-14-16-19-26-53-40(50)7-2/h7,20-23,27-30,48-49H,2,6,8-19,24-26H2,1,3-5H3. The summed E-state index contributed by atoms with van der Waals surface area (Å²) < 4.78 is 16.9. The number of aromatic nitrogens is 3. The van der Waals surface area contributed by atoms with Crippen LogP contribution in [0.15, 0.2) is 61.2 Å². The van der Waals surface area contributed by atoms with Crippen molar-refractivity contribution in [1.82, 2.24) is 15.0 Å². The molecular weight excluding hydrogens is 666 g/mol. The van der Waals surface area contributed by atoms with Gasteiger partial charge in [0.1, 0.15) is 23.0 Å². The lowest BCUT2D eigenvalue weighted by atomic mass is 9.99. The second-order valence-electron chi connectivity index (χ2n) is 13.7. The van der Waals surface area contributed by atoms with Crippen molar-refractivity contribution in [2.45, 2.75) is 111 Å². The molecule has 0 bridgehead atoms. The van der Waals surface area contributed by atoms with Crippen LogP contribution in [0.5, 0.6) is 23.0 Å². The molecule has 3 aromatic carbocycles. The van der Waals surface area contributed by atoms with Gasteiger partial charge in [-0.1, -0.05) is 95.4 Å². The molecule has 4 rings (SSSR count). The number of nitrogens with zero attached hydrogens (tertiary/aromatic N) is 3. The van der Waals surface area contributed by atoms with Crippen molar-refractivity contribution in [3.05, 3.63) is 77.9 Å². The number of unbranched alkanes of at least 4 members (excludes halogenated alkanes) is 11. The van der Waals surface area contributed by atoms with Gasteiger partial charge in [0.15, 0.2) is 17.5 Å². The number of benzene rings is 3. The molecule has 0 aliphatic carbocycles. The van der Waals surface area contributed by atoms with Gasteiger partial charge in [-0.3, -0.25) is 0 Å². The third-order valence-electron chi connectivity index (χ3n) is 9.19. The van der Waals surface area contributed by atoms with Crippen LogP contribution >= 0.6 is 0 Å². The third kappa shape index (κ3) is 12.9. The topological polar surface area (TPSA) is 124 Å². The fourth-order valence-corrected chi connectivity index (χ4v) is 6.42. The van der Waals surface area contributed by atoms with Crippen LogP contribution in [0.1, 0.15) is 107 Å². The highest BCUT2D eigenvalue weighted by atomic mass is 16.5. The SMILES string of the molecule is C=CC(=O)OCCCCCCCCCCCOc1ccc(-c2nc(-c3ccc(OCCCCCC)cc3O)nc(-c3c(C)cc(C)cc3C)n2)c(O)c1. The molecule has 53 heavy (non-hydrogen) atoms. The number of esters is 1. The van der Waals surface area contributed by atoms with Crippen molar-refractivity contribution >= 4 is 5.97 Å². The number of ether oxygens (including phenoxy) is 3. The molecule has 0 saturated heterocycles. The van der Waals surface area contributed by atoms with Crippen molar-refractivity contribution in [1.29, 1.82) is 0 Å². The van der Waals surface area contributed by atoms with E-state index < -0.39 is 0 Å². The molecule has 284 valence electrons. The van der Waals surface area contributed by atoms with Crippen molar-refractivity contribution in [2.24, 2.45) is 0 Å². The molecule has 0 spiro atoms. The summed E-state index contributed by atoms with van der Waals surface area (Å²) in [6.45, 7) is 13.3. The van der Waals surface area contributed by atoms with Crippen LogP contribution in [0, 0.1) is 20.8 Å². The summed E-state index contributed by atoms with van der Waals surface area (Å²) >= 11 is 0. The van der Waals surface area contributed by atoms with Gasteiger partial charge in [0.05, 0.1) is 30.9 Å². The van der Waals surface area contributed by atoms with Gasteiger partial charge < -0.3 is 24.4 Å². The first-order chi connectivity index (χ1) is 25.7. The summed E-state index contributed by atoms with van der Waals surface area (Å²) in [5.41, 5.74) is 4.96. The molecule has 0 atom stereocenters. The lowest BCUT2D eigenvalue weighted by molar-refractivity contribution is -0.137. The maximum Gasteiger partial charge on any atom is 0.330 e. The molecule has 1 heterocycles. The second-order valence-corrected chi connectivity index (χ2v) is 13.7. The van der Waals surface area contributed by atoms with Gasteiger partial charge in [-0.15, -0.1) is 0 Å². The minimum atomic E-state index is -0.353. The van der Waals surface area contributed by atoms with E-state index in [9.17, 15) is 15.0 Å². The Bertz CT molecular complexity index is 1770. The van der Waals surface area contributed by atoms with E-state index in [0.29, 0.717) is 59.9 Å². The highest BCUT2D eigenvalue weighted by Gasteiger charge is 2.19. The zero-order chi connectivity index (χ0) is 38.0. The molecular formula is C44H57N3O6. The summed E-state index contributed by atoms with van der Waals surface area (Å²) in [6.07, 6.45) is 15.4. The number of rotatable bonds is 23. The predicted molar refractivity (Wildman–Crippen MR) is 212 cm³/mol. The van der Waals surface area contributed by atoms with Gasteiger partial charge in [-0.05, 0) is 75.4 Å². The van der Waals surface area contributed by atoms with Gasteiger partial charge in [-0.25, -0.2) is 19.7 Å². The Labute approximate surface area is 315 Å². The number of phenols is 2. The summed E-state index contributed by atoms with van der Waals surface area (Å²) in [7, 11) is 0. The molecule has 0 amide bonds. The van der Waals surface area contributed by atoms with E-state index in [1.807, 2.05) is 26.0 Å². The molecule has 0 aliphatic rings. The second kappa shape index (κ2) is 21.6. The Hall–Kier alpha value is -4.92. The summed E-state index contributed by atoms with van der Waals surface area (Å²) in [5.74, 6) is 1.86. The maximum absolute atomic E-state index is 11.2. The van der Waals surface area contributed by atoms with E-state index in [2.05, 4.69) is 32.6 Å². The Morgan fingerprint density at radius 3 is 1.51 bits per heavy atom. The van der Waals surface area contributed by atoms with Gasteiger partial charge >= 0.3 is 5.97 Å². The van der Waals surface area contributed by atoms with Crippen molar-refractivity contribution in [3.63, 3.8) is 0 Å². The number of phenolic OH excluding ortho intramolecular Hbond substituents is 2. The largest absolute Gasteiger partial charge is 0.507 e. The van der Waals surface area contributed by atoms with E-state index in [4.69, 9.17) is 29.2 Å². The fourth-order valence-electron chi connectivity index (χ4n) is 6.42. The number of aryl methyl sites for hydroxylation is 3. The van der Waals surface area contributed by atoms with Crippen LogP contribution in [0.25, 0.3) is 34.2 Å². The smallest absolute Gasteiger partial charge is 0.330 e. The van der Waals surface area contributed by atoms with E-state index in [1.165, 1.54) is 31.8 Å². The first-order valence-electron chi connectivity index (χ1n) is 19.3. The molecule has 0 fully saturated rings. The Balaban J connectivity index is 1.39. The molecule has 0 unspecified atom stereocenters. The Morgan fingerprint density at radius 2 is 1.06 bits per heavy atom. The van der Waals surface area contributed by atoms with Gasteiger partial charge in [-0.2, -0.15) is 0 Å². The van der Waals surface area contributed by atoms with Gasteiger partial charge in [0, 0.05) is 23.8 Å². The highest BCUT2D eigenvalue weighted by molar-refractivity contribution is 5.81. The Kier molecular flexibility index (Phi) is 16.6. The van der Waals surface area contributed by atoms with Crippen LogP contribution in [0.3, 0.4) is 0 Å². The highest BCUT2D eigenvalue weighted by Crippen LogP contribution is 2.37. The molecule has 0 radical (unpaired) electrons. The zero-order valence-electron chi connectivity index (χ0n) is 32.1. The number of hydrogen-bond acceptors (Lipinski definition) is 9. The number of carbonyl (C=O) groups is 1.